The van der Waals surface area contributed by atoms with E-state index in [-0.39, 0.29) is 5.91 Å². The zero-order valence-electron chi connectivity index (χ0n) is 10.9. The summed E-state index contributed by atoms with van der Waals surface area (Å²) in [7, 11) is 0. The van der Waals surface area contributed by atoms with Gasteiger partial charge in [-0.05, 0) is 11.4 Å². The average Bonchev–Trinajstić information content (AvgIpc) is 3.11. The highest BCUT2D eigenvalue weighted by molar-refractivity contribution is 7.10. The van der Waals surface area contributed by atoms with Gasteiger partial charge in [0.05, 0.1) is 19.6 Å². The Morgan fingerprint density at radius 3 is 3.20 bits per heavy atom. The molecular weight excluding hydrogens is 274 g/mol. The third kappa shape index (κ3) is 4.19. The van der Waals surface area contributed by atoms with Gasteiger partial charge in [0, 0.05) is 16.9 Å². The second-order valence-electron chi connectivity index (χ2n) is 3.95. The predicted octanol–water partition coefficient (Wildman–Crippen LogP) is 0.356. The van der Waals surface area contributed by atoms with Gasteiger partial charge in [0.25, 0.3) is 0 Å². The van der Waals surface area contributed by atoms with Crippen molar-refractivity contribution in [3.8, 4) is 11.8 Å². The Bertz CT molecular complexity index is 608. The largest absolute Gasteiger partial charge is 0.351 e. The highest BCUT2D eigenvalue weighted by Gasteiger charge is 2.05. The first-order valence-corrected chi connectivity index (χ1v) is 7.02. The van der Waals surface area contributed by atoms with Gasteiger partial charge < -0.3 is 11.1 Å². The normalized spacial score (nSPS) is 9.85. The molecule has 0 saturated heterocycles. The smallest absolute Gasteiger partial charge is 0.222 e. The molecule has 0 aromatic carbocycles. The third-order valence-corrected chi connectivity index (χ3v) is 3.47. The number of amides is 1. The number of nitrogens with zero attached hydrogens (tertiary/aromatic N) is 3. The fourth-order valence-electron chi connectivity index (χ4n) is 1.57. The summed E-state index contributed by atoms with van der Waals surface area (Å²) in [5, 5.41) is 8.77. The van der Waals surface area contributed by atoms with Crippen LogP contribution < -0.4 is 11.1 Å². The van der Waals surface area contributed by atoms with Crippen molar-refractivity contribution in [1.29, 1.82) is 0 Å². The molecule has 7 heteroatoms. The van der Waals surface area contributed by atoms with Gasteiger partial charge in [-0.15, -0.1) is 11.3 Å². The molecule has 2 heterocycles. The third-order valence-electron chi connectivity index (χ3n) is 2.55. The summed E-state index contributed by atoms with van der Waals surface area (Å²) < 4.78 is 1.63. The topological polar surface area (TPSA) is 85.8 Å². The summed E-state index contributed by atoms with van der Waals surface area (Å²) in [4.78, 5) is 16.6. The van der Waals surface area contributed by atoms with Gasteiger partial charge in [0.1, 0.15) is 12.7 Å². The summed E-state index contributed by atoms with van der Waals surface area (Å²) in [5.41, 5.74) is 6.28. The number of aromatic nitrogens is 3. The van der Waals surface area contributed by atoms with E-state index in [1.165, 1.54) is 6.33 Å². The van der Waals surface area contributed by atoms with Gasteiger partial charge in [0.15, 0.2) is 0 Å². The Morgan fingerprint density at radius 1 is 1.55 bits per heavy atom. The Balaban J connectivity index is 1.80. The first-order valence-electron chi connectivity index (χ1n) is 6.14. The molecule has 20 heavy (non-hydrogen) atoms. The van der Waals surface area contributed by atoms with Crippen molar-refractivity contribution < 1.29 is 4.79 Å². The van der Waals surface area contributed by atoms with Gasteiger partial charge in [-0.25, -0.2) is 4.98 Å². The molecule has 0 aliphatic carbocycles. The molecule has 0 saturated carbocycles. The van der Waals surface area contributed by atoms with E-state index in [2.05, 4.69) is 27.2 Å². The molecule has 104 valence electrons. The molecular formula is C13H15N5OS. The van der Waals surface area contributed by atoms with Crippen molar-refractivity contribution in [1.82, 2.24) is 20.1 Å². The van der Waals surface area contributed by atoms with Crippen molar-refractivity contribution in [3.63, 3.8) is 0 Å². The average molecular weight is 289 g/mol. The number of thiophene rings is 1. The van der Waals surface area contributed by atoms with Crippen LogP contribution in [0.15, 0.2) is 24.1 Å². The minimum Gasteiger partial charge on any atom is -0.351 e. The van der Waals surface area contributed by atoms with Crippen molar-refractivity contribution in [2.45, 2.75) is 19.5 Å². The molecule has 0 radical (unpaired) electrons. The number of hydrogen-bond donors (Lipinski definition) is 2. The number of nitrogens with one attached hydrogen (secondary N) is 1. The fraction of sp³-hybridized carbons (Fsp3) is 0.308. The molecule has 2 rings (SSSR count). The summed E-state index contributed by atoms with van der Waals surface area (Å²) >= 11 is 1.57. The molecule has 0 unspecified atom stereocenters. The number of nitrogens with two attached hydrogens (primary N) is 1. The SMILES string of the molecule is NCC#Cc1ccsc1CNC(=O)CCn1cncn1. The van der Waals surface area contributed by atoms with E-state index in [1.54, 1.807) is 22.3 Å². The van der Waals surface area contributed by atoms with E-state index in [0.717, 1.165) is 10.4 Å². The van der Waals surface area contributed by atoms with Crippen LogP contribution in [0.25, 0.3) is 0 Å². The van der Waals surface area contributed by atoms with Crippen LogP contribution in [0.5, 0.6) is 0 Å². The van der Waals surface area contributed by atoms with Crippen molar-refractivity contribution >= 4 is 17.2 Å². The lowest BCUT2D eigenvalue weighted by Gasteiger charge is -2.04. The maximum Gasteiger partial charge on any atom is 0.222 e. The fourth-order valence-corrected chi connectivity index (χ4v) is 2.34. The van der Waals surface area contributed by atoms with E-state index in [0.29, 0.717) is 26.1 Å². The minimum absolute atomic E-state index is 0.0216. The first kappa shape index (κ1) is 14.2. The number of carbonyl (C=O) groups excluding carboxylic acids is 1. The molecule has 0 aliphatic rings. The van der Waals surface area contributed by atoms with E-state index < -0.39 is 0 Å². The van der Waals surface area contributed by atoms with Crippen LogP contribution >= 0.6 is 11.3 Å². The molecule has 1 amide bonds. The molecule has 2 aromatic rings. The lowest BCUT2D eigenvalue weighted by molar-refractivity contribution is -0.121. The van der Waals surface area contributed by atoms with Crippen LogP contribution in [0.3, 0.4) is 0 Å². The van der Waals surface area contributed by atoms with Gasteiger partial charge in [-0.3, -0.25) is 9.48 Å². The minimum atomic E-state index is -0.0216. The molecule has 3 N–H and O–H groups in total. The second-order valence-corrected chi connectivity index (χ2v) is 4.95. The molecule has 0 atom stereocenters. The van der Waals surface area contributed by atoms with Gasteiger partial charge in [-0.1, -0.05) is 11.8 Å². The lowest BCUT2D eigenvalue weighted by atomic mass is 10.2. The summed E-state index contributed by atoms with van der Waals surface area (Å²) in [6, 6.07) is 1.93. The van der Waals surface area contributed by atoms with E-state index in [1.807, 2.05) is 11.4 Å². The number of hydrogen-bond acceptors (Lipinski definition) is 5. The maximum atomic E-state index is 11.7. The van der Waals surface area contributed by atoms with Crippen molar-refractivity contribution in [2.24, 2.45) is 5.73 Å². The number of aryl methyl sites for hydroxylation is 1. The Morgan fingerprint density at radius 2 is 2.45 bits per heavy atom. The van der Waals surface area contributed by atoms with Gasteiger partial charge in [0.2, 0.25) is 5.91 Å². The molecule has 0 spiro atoms. The van der Waals surface area contributed by atoms with Crippen LogP contribution in [0.4, 0.5) is 0 Å². The summed E-state index contributed by atoms with van der Waals surface area (Å²) in [6.45, 7) is 1.35. The van der Waals surface area contributed by atoms with Crippen molar-refractivity contribution in [3.05, 3.63) is 34.5 Å². The molecule has 0 aliphatic heterocycles. The zero-order chi connectivity index (χ0) is 14.2. The van der Waals surface area contributed by atoms with Crippen LogP contribution in [0, 0.1) is 11.8 Å². The van der Waals surface area contributed by atoms with E-state index in [4.69, 9.17) is 5.73 Å². The standard InChI is InChI=1S/C13H15N5OS/c14-5-1-2-11-4-7-20-12(11)8-16-13(19)3-6-18-10-15-9-17-18/h4,7,9-10H,3,5-6,8,14H2,(H,16,19). The Labute approximate surface area is 121 Å². The van der Waals surface area contributed by atoms with Gasteiger partial charge in [-0.2, -0.15) is 5.10 Å². The Hall–Kier alpha value is -2.17. The molecule has 2 aromatic heterocycles. The van der Waals surface area contributed by atoms with E-state index in [9.17, 15) is 4.79 Å². The quantitative estimate of drug-likeness (QED) is 0.778. The van der Waals surface area contributed by atoms with Crippen LogP contribution in [-0.2, 0) is 17.9 Å². The zero-order valence-corrected chi connectivity index (χ0v) is 11.7. The van der Waals surface area contributed by atoms with Crippen LogP contribution in [0.1, 0.15) is 16.9 Å². The van der Waals surface area contributed by atoms with Crippen LogP contribution in [0.2, 0.25) is 0 Å². The van der Waals surface area contributed by atoms with Crippen molar-refractivity contribution in [2.75, 3.05) is 6.54 Å². The molecule has 0 bridgehead atoms. The summed E-state index contributed by atoms with van der Waals surface area (Å²) in [6.07, 6.45) is 3.41. The maximum absolute atomic E-state index is 11.7. The molecule has 6 nitrogen and oxygen atoms in total. The monoisotopic (exact) mass is 289 g/mol. The Kier molecular flexibility index (Phi) is 5.29. The lowest BCUT2D eigenvalue weighted by Crippen LogP contribution is -2.23. The number of rotatable bonds is 5. The second kappa shape index (κ2) is 7.43. The van der Waals surface area contributed by atoms with Crippen LogP contribution in [-0.4, -0.2) is 27.2 Å². The molecule has 0 fully saturated rings. The number of carbonyl (C=O) groups is 1. The highest BCUT2D eigenvalue weighted by Crippen LogP contribution is 2.15. The predicted molar refractivity (Wildman–Crippen MR) is 76.7 cm³/mol. The summed E-state index contributed by atoms with van der Waals surface area (Å²) in [5.74, 6) is 5.79. The highest BCUT2D eigenvalue weighted by atomic mass is 32.1. The first-order chi connectivity index (χ1) is 9.79. The van der Waals surface area contributed by atoms with E-state index >= 15 is 0 Å². The van der Waals surface area contributed by atoms with Gasteiger partial charge >= 0.3 is 0 Å².